The predicted molar refractivity (Wildman–Crippen MR) is 264 cm³/mol. The highest BCUT2D eigenvalue weighted by Crippen LogP contribution is 2.60. The average molecular weight is 872 g/mol. The molecule has 296 valence electrons. The van der Waals surface area contributed by atoms with Gasteiger partial charge >= 0.3 is 0 Å². The van der Waals surface area contributed by atoms with Crippen molar-refractivity contribution in [3.8, 4) is 33.8 Å². The molecule has 64 heavy (non-hydrogen) atoms. The van der Waals surface area contributed by atoms with Crippen LogP contribution in [0.1, 0.15) is 0 Å². The second-order valence-electron chi connectivity index (χ2n) is 17.3. The summed E-state index contributed by atoms with van der Waals surface area (Å²) in [5.41, 5.74) is 19.1. The minimum absolute atomic E-state index is 0.0593. The van der Waals surface area contributed by atoms with E-state index in [0.29, 0.717) is 11.2 Å². The Bertz CT molecular complexity index is 3740. The first-order valence-electron chi connectivity index (χ1n) is 21.4. The molecule has 0 spiro atoms. The molecule has 0 bridgehead atoms. The number of hydrogen-bond donors (Lipinski definition) is 2. The zero-order chi connectivity index (χ0) is 41.7. The van der Waals surface area contributed by atoms with Crippen molar-refractivity contribution in [3.63, 3.8) is 0 Å². The molecular weight excluding hydrogens is 844 g/mol. The lowest BCUT2D eigenvalue weighted by Gasteiger charge is -2.50. The number of rotatable bonds is 2. The third kappa shape index (κ3) is 4.25. The first-order chi connectivity index (χ1) is 31.6. The number of benzene rings is 9. The smallest absolute Gasteiger partial charge is 0.249 e. The average Bonchev–Trinajstić information content (AvgIpc) is 3.88. The van der Waals surface area contributed by atoms with E-state index in [1.54, 1.807) is 36.0 Å². The van der Waals surface area contributed by atoms with Gasteiger partial charge in [0.2, 0.25) is 13.4 Å². The number of fused-ring (bicyclic) bond motifs is 14. The number of phenols is 2. The maximum atomic E-state index is 10.7. The van der Waals surface area contributed by atoms with E-state index in [1.807, 2.05) is 35.7 Å². The second-order valence-corrected chi connectivity index (χ2v) is 20.5. The minimum Gasteiger partial charge on any atom is -0.508 e. The number of aromatic hydroxyl groups is 2. The molecule has 5 aliphatic rings. The molecule has 0 atom stereocenters. The summed E-state index contributed by atoms with van der Waals surface area (Å²) in [5, 5.41) is 25.4. The van der Waals surface area contributed by atoms with Gasteiger partial charge in [-0.3, -0.25) is 0 Å². The molecule has 0 radical (unpaired) electrons. The van der Waals surface area contributed by atoms with E-state index >= 15 is 0 Å². The summed E-state index contributed by atoms with van der Waals surface area (Å²) in [6, 6.07) is 53.6. The van der Waals surface area contributed by atoms with Gasteiger partial charge in [0, 0.05) is 58.9 Å². The van der Waals surface area contributed by atoms with Gasteiger partial charge in [-0.25, -0.2) is 0 Å². The van der Waals surface area contributed by atoms with Crippen molar-refractivity contribution in [2.45, 2.75) is 29.4 Å². The van der Waals surface area contributed by atoms with Gasteiger partial charge in [0.25, 0.3) is 0 Å². The summed E-state index contributed by atoms with van der Waals surface area (Å²) in [4.78, 5) is 9.79. The Morgan fingerprint density at radius 3 is 1.38 bits per heavy atom. The van der Waals surface area contributed by atoms with Gasteiger partial charge in [0.1, 0.15) is 22.7 Å². The Kier molecular flexibility index (Phi) is 6.51. The fourth-order valence-corrected chi connectivity index (χ4v) is 15.6. The summed E-state index contributed by atoms with van der Waals surface area (Å²) in [6.45, 7) is -0.119. The van der Waals surface area contributed by atoms with Crippen LogP contribution in [-0.2, 0) is 0 Å². The Hall–Kier alpha value is -6.84. The fraction of sp³-hybridized carbons (Fsp3) is 0. The van der Waals surface area contributed by atoms with Crippen LogP contribution >= 0.6 is 35.3 Å². The molecule has 0 amide bonds. The van der Waals surface area contributed by atoms with Gasteiger partial charge in [-0.15, -0.1) is 0 Å². The van der Waals surface area contributed by atoms with Gasteiger partial charge in [-0.1, -0.05) is 155 Å². The molecule has 5 aliphatic heterocycles. The van der Waals surface area contributed by atoms with Crippen LogP contribution in [-0.4, -0.2) is 23.6 Å². The highest BCUT2D eigenvalue weighted by atomic mass is 32.2. The van der Waals surface area contributed by atoms with Crippen LogP contribution < -0.4 is 37.7 Å². The number of anilines is 3. The molecule has 2 aromatic heterocycles. The molecule has 0 unspecified atom stereocenters. The van der Waals surface area contributed by atoms with Gasteiger partial charge < -0.3 is 23.9 Å². The molecule has 7 heterocycles. The molecule has 0 saturated carbocycles. The summed E-state index contributed by atoms with van der Waals surface area (Å²) in [5.74, 6) is 0.343. The van der Waals surface area contributed by atoms with Crippen molar-refractivity contribution in [2.75, 3.05) is 4.90 Å². The maximum Gasteiger partial charge on any atom is 0.249 e. The minimum atomic E-state index is -0.0593. The fourth-order valence-electron chi connectivity index (χ4n) is 11.6. The van der Waals surface area contributed by atoms with Crippen molar-refractivity contribution in [2.24, 2.45) is 0 Å². The van der Waals surface area contributed by atoms with Gasteiger partial charge in [-0.2, -0.15) is 0 Å². The molecular formula is C54H27B2NO4S3. The predicted octanol–water partition coefficient (Wildman–Crippen LogP) is 10.8. The quantitative estimate of drug-likeness (QED) is 0.167. The van der Waals surface area contributed by atoms with Crippen molar-refractivity contribution < 1.29 is 19.0 Å². The lowest BCUT2D eigenvalue weighted by molar-refractivity contribution is 0.474. The third-order valence-corrected chi connectivity index (χ3v) is 17.7. The standard InChI is InChI=1S/C54H27B2NO4S3/c58-28-17-19-32-34-23-38-46-53(49(34)60-40(32)21-28)64-54-47-39(24-35-33-20-18-29(59)22-41(33)61-50(35)54)56-37-16-8-14-31(27-11-5-2-6-12-27)52(37)63-43-25-42-44(48(45(43)56)57(46)47)55(38)36-15-7-13-30(51(36)62-42)26-9-3-1-4-10-26/h1-25,58-59H. The van der Waals surface area contributed by atoms with Crippen LogP contribution in [0.25, 0.3) is 66.1 Å². The molecule has 0 aliphatic carbocycles. The molecule has 10 heteroatoms. The van der Waals surface area contributed by atoms with Crippen LogP contribution in [0, 0.1) is 0 Å². The highest BCUT2D eigenvalue weighted by molar-refractivity contribution is 8.01. The Labute approximate surface area is 378 Å². The van der Waals surface area contributed by atoms with Gasteiger partial charge in [-0.05, 0) is 74.4 Å². The van der Waals surface area contributed by atoms with Crippen molar-refractivity contribution in [1.29, 1.82) is 0 Å². The van der Waals surface area contributed by atoms with E-state index in [4.69, 9.17) is 8.83 Å². The van der Waals surface area contributed by atoms with Crippen LogP contribution in [0.5, 0.6) is 11.5 Å². The van der Waals surface area contributed by atoms with Crippen molar-refractivity contribution >= 4 is 142 Å². The number of nitrogens with zero attached hydrogens (tertiary/aromatic N) is 1. The Balaban J connectivity index is 1.09. The van der Waals surface area contributed by atoms with E-state index in [9.17, 15) is 10.2 Å². The van der Waals surface area contributed by atoms with E-state index in [2.05, 4.69) is 120 Å². The lowest BCUT2D eigenvalue weighted by atomic mass is 9.30. The Morgan fingerprint density at radius 1 is 0.406 bits per heavy atom. The first kappa shape index (κ1) is 34.6. The Morgan fingerprint density at radius 2 is 0.891 bits per heavy atom. The monoisotopic (exact) mass is 871 g/mol. The molecule has 5 nitrogen and oxygen atoms in total. The zero-order valence-electron chi connectivity index (χ0n) is 33.5. The number of hydrogen-bond acceptors (Lipinski definition) is 8. The van der Waals surface area contributed by atoms with Crippen molar-refractivity contribution in [1.82, 2.24) is 0 Å². The molecule has 9 aromatic carbocycles. The summed E-state index contributed by atoms with van der Waals surface area (Å²) in [6.07, 6.45) is 0. The van der Waals surface area contributed by atoms with Crippen LogP contribution in [0.15, 0.2) is 190 Å². The summed E-state index contributed by atoms with van der Waals surface area (Å²) in [7, 11) is 0. The van der Waals surface area contributed by atoms with Crippen LogP contribution in [0.3, 0.4) is 0 Å². The van der Waals surface area contributed by atoms with Gasteiger partial charge in [0.15, 0.2) is 11.2 Å². The topological polar surface area (TPSA) is 70.0 Å². The normalized spacial score (nSPS) is 14.4. The molecule has 11 aromatic rings. The summed E-state index contributed by atoms with van der Waals surface area (Å²) >= 11 is 5.55. The first-order valence-corrected chi connectivity index (χ1v) is 23.9. The molecule has 0 fully saturated rings. The van der Waals surface area contributed by atoms with Crippen molar-refractivity contribution in [3.05, 3.63) is 152 Å². The van der Waals surface area contributed by atoms with E-state index in [1.165, 1.54) is 80.3 Å². The molecule has 0 saturated heterocycles. The molecule has 2 N–H and O–H groups in total. The van der Waals surface area contributed by atoms with Crippen LogP contribution in [0.2, 0.25) is 0 Å². The highest BCUT2D eigenvalue weighted by Gasteiger charge is 2.53. The van der Waals surface area contributed by atoms with Crippen LogP contribution in [0.4, 0.5) is 17.1 Å². The maximum absolute atomic E-state index is 10.7. The lowest BCUT2D eigenvalue weighted by Crippen LogP contribution is -2.68. The number of furan rings is 2. The largest absolute Gasteiger partial charge is 0.508 e. The zero-order valence-corrected chi connectivity index (χ0v) is 35.9. The van der Waals surface area contributed by atoms with E-state index in [0.717, 1.165) is 53.9 Å². The summed E-state index contributed by atoms with van der Waals surface area (Å²) < 4.78 is 13.8. The number of phenolic OH excluding ortho intramolecular Hbond substituents is 2. The van der Waals surface area contributed by atoms with E-state index in [-0.39, 0.29) is 24.9 Å². The van der Waals surface area contributed by atoms with Gasteiger partial charge in [0.05, 0.1) is 21.2 Å². The SMILES string of the molecule is Oc1ccc2c(c1)oc1c3c4c(cc12)B1c2cccc(-c5ccccc5)c2Sc2cc5c6c(c21)N4c1c(cc2c(oc4cc(O)ccc42)c1S3)B6c1cccc(-c2ccccc2)c1S5. The third-order valence-electron chi connectivity index (χ3n) is 14.1. The van der Waals surface area contributed by atoms with E-state index < -0.39 is 0 Å². The molecule has 16 rings (SSSR count). The second kappa shape index (κ2) is 12.0.